The Hall–Kier alpha value is -1.71. The zero-order chi connectivity index (χ0) is 17.7. The van der Waals surface area contributed by atoms with Gasteiger partial charge in [0.25, 0.3) is 0 Å². The predicted molar refractivity (Wildman–Crippen MR) is 96.6 cm³/mol. The Morgan fingerprint density at radius 1 is 1.12 bits per heavy atom. The van der Waals surface area contributed by atoms with Crippen LogP contribution in [0.4, 0.5) is 0 Å². The molecule has 0 aliphatic carbocycles. The molecule has 1 aliphatic heterocycles. The second kappa shape index (κ2) is 7.91. The van der Waals surface area contributed by atoms with E-state index >= 15 is 0 Å². The number of rotatable bonds is 4. The third kappa shape index (κ3) is 4.65. The van der Waals surface area contributed by atoms with E-state index in [1.807, 2.05) is 23.1 Å². The first-order valence-electron chi connectivity index (χ1n) is 8.84. The Morgan fingerprint density at radius 2 is 1.83 bits per heavy atom. The lowest BCUT2D eigenvalue weighted by Gasteiger charge is -2.29. The van der Waals surface area contributed by atoms with Gasteiger partial charge in [-0.2, -0.15) is 0 Å². The molecule has 1 aromatic rings. The van der Waals surface area contributed by atoms with Crippen molar-refractivity contribution in [1.29, 1.82) is 0 Å². The van der Waals surface area contributed by atoms with Crippen LogP contribution in [0.5, 0.6) is 11.5 Å². The van der Waals surface area contributed by atoms with Crippen molar-refractivity contribution in [3.63, 3.8) is 0 Å². The molecule has 1 unspecified atom stereocenters. The number of carbonyl (C=O) groups is 1. The summed E-state index contributed by atoms with van der Waals surface area (Å²) in [4.78, 5) is 14.7. The highest BCUT2D eigenvalue weighted by Crippen LogP contribution is 2.34. The zero-order valence-electron chi connectivity index (χ0n) is 15.7. The molecule has 1 aliphatic rings. The molecule has 1 saturated heterocycles. The van der Waals surface area contributed by atoms with Gasteiger partial charge in [-0.25, -0.2) is 0 Å². The van der Waals surface area contributed by atoms with Gasteiger partial charge in [0, 0.05) is 13.1 Å². The van der Waals surface area contributed by atoms with E-state index < -0.39 is 0 Å². The van der Waals surface area contributed by atoms with Crippen LogP contribution < -0.4 is 9.47 Å². The molecule has 4 heteroatoms. The van der Waals surface area contributed by atoms with Crippen LogP contribution in [0.2, 0.25) is 0 Å². The summed E-state index contributed by atoms with van der Waals surface area (Å²) in [6.45, 7) is 8.66. The predicted octanol–water partition coefficient (Wildman–Crippen LogP) is 3.92. The van der Waals surface area contributed by atoms with Crippen molar-refractivity contribution in [2.24, 2.45) is 11.3 Å². The number of amides is 1. The summed E-state index contributed by atoms with van der Waals surface area (Å²) in [6, 6.07) is 5.70. The number of methoxy groups -OCH3 is 2. The lowest BCUT2D eigenvalue weighted by molar-refractivity contribution is -0.130. The van der Waals surface area contributed by atoms with Gasteiger partial charge in [-0.1, -0.05) is 26.8 Å². The summed E-state index contributed by atoms with van der Waals surface area (Å²) < 4.78 is 10.6. The smallest absolute Gasteiger partial charge is 0.226 e. The zero-order valence-corrected chi connectivity index (χ0v) is 15.7. The van der Waals surface area contributed by atoms with E-state index in [4.69, 9.17) is 9.47 Å². The van der Waals surface area contributed by atoms with E-state index in [1.54, 1.807) is 14.2 Å². The number of ether oxygens (including phenoxy) is 2. The quantitative estimate of drug-likeness (QED) is 0.838. The first-order valence-corrected chi connectivity index (χ1v) is 8.84. The Kier molecular flexibility index (Phi) is 6.14. The normalized spacial score (nSPS) is 18.9. The third-order valence-corrected chi connectivity index (χ3v) is 5.11. The fourth-order valence-corrected chi connectivity index (χ4v) is 3.49. The van der Waals surface area contributed by atoms with Crippen molar-refractivity contribution < 1.29 is 14.3 Å². The maximum atomic E-state index is 12.7. The third-order valence-electron chi connectivity index (χ3n) is 5.11. The first-order chi connectivity index (χ1) is 11.3. The molecular formula is C20H31NO3. The van der Waals surface area contributed by atoms with Crippen LogP contribution >= 0.6 is 0 Å². The molecule has 2 rings (SSSR count). The second-order valence-corrected chi connectivity index (χ2v) is 7.74. The second-order valence-electron chi connectivity index (χ2n) is 7.74. The maximum Gasteiger partial charge on any atom is 0.226 e. The van der Waals surface area contributed by atoms with Gasteiger partial charge in [0.15, 0.2) is 11.5 Å². The summed E-state index contributed by atoms with van der Waals surface area (Å²) in [6.07, 6.45) is 3.82. The van der Waals surface area contributed by atoms with Gasteiger partial charge >= 0.3 is 0 Å². The van der Waals surface area contributed by atoms with Crippen molar-refractivity contribution in [2.45, 2.75) is 46.5 Å². The lowest BCUT2D eigenvalue weighted by Crippen LogP contribution is -2.33. The number of hydrogen-bond donors (Lipinski definition) is 0. The SMILES string of the molecule is COc1ccc(CC(=O)N2CCCC(C(C)(C)C)CC2)cc1OC. The minimum Gasteiger partial charge on any atom is -0.493 e. The molecule has 1 heterocycles. The van der Waals surface area contributed by atoms with Gasteiger partial charge in [-0.05, 0) is 48.3 Å². The molecule has 4 nitrogen and oxygen atoms in total. The van der Waals surface area contributed by atoms with Crippen LogP contribution in [0, 0.1) is 11.3 Å². The van der Waals surface area contributed by atoms with Gasteiger partial charge in [0.1, 0.15) is 0 Å². The highest BCUT2D eigenvalue weighted by molar-refractivity contribution is 5.79. The molecule has 24 heavy (non-hydrogen) atoms. The molecule has 134 valence electrons. The van der Waals surface area contributed by atoms with Gasteiger partial charge < -0.3 is 14.4 Å². The molecule has 0 spiro atoms. The number of likely N-dealkylation sites (tertiary alicyclic amines) is 1. The largest absolute Gasteiger partial charge is 0.493 e. The number of hydrogen-bond acceptors (Lipinski definition) is 3. The van der Waals surface area contributed by atoms with E-state index in [2.05, 4.69) is 20.8 Å². The molecule has 1 amide bonds. The van der Waals surface area contributed by atoms with Gasteiger partial charge in [0.05, 0.1) is 20.6 Å². The average molecular weight is 333 g/mol. The highest BCUT2D eigenvalue weighted by atomic mass is 16.5. The average Bonchev–Trinajstić information content (AvgIpc) is 2.80. The van der Waals surface area contributed by atoms with E-state index in [0.29, 0.717) is 29.3 Å². The molecule has 1 aromatic carbocycles. The number of benzene rings is 1. The molecule has 0 N–H and O–H groups in total. The van der Waals surface area contributed by atoms with E-state index in [-0.39, 0.29) is 5.91 Å². The van der Waals surface area contributed by atoms with E-state index in [9.17, 15) is 4.79 Å². The Balaban J connectivity index is 2.00. The van der Waals surface area contributed by atoms with Gasteiger partial charge in [-0.15, -0.1) is 0 Å². The minimum absolute atomic E-state index is 0.205. The van der Waals surface area contributed by atoms with Gasteiger partial charge in [-0.3, -0.25) is 4.79 Å². The fraction of sp³-hybridized carbons (Fsp3) is 0.650. The summed E-state index contributed by atoms with van der Waals surface area (Å²) >= 11 is 0. The van der Waals surface area contributed by atoms with Crippen molar-refractivity contribution in [3.8, 4) is 11.5 Å². The molecule has 1 fully saturated rings. The van der Waals surface area contributed by atoms with Crippen LogP contribution in [0.1, 0.15) is 45.6 Å². The molecular weight excluding hydrogens is 302 g/mol. The highest BCUT2D eigenvalue weighted by Gasteiger charge is 2.28. The number of carbonyl (C=O) groups excluding carboxylic acids is 1. The first kappa shape index (κ1) is 18.6. The topological polar surface area (TPSA) is 38.8 Å². The maximum absolute atomic E-state index is 12.7. The van der Waals surface area contributed by atoms with Crippen molar-refractivity contribution in [3.05, 3.63) is 23.8 Å². The lowest BCUT2D eigenvalue weighted by atomic mass is 9.77. The van der Waals surface area contributed by atoms with Crippen LogP contribution in [0.15, 0.2) is 18.2 Å². The van der Waals surface area contributed by atoms with Crippen molar-refractivity contribution in [1.82, 2.24) is 4.90 Å². The molecule has 0 radical (unpaired) electrons. The molecule has 0 saturated carbocycles. The Labute approximate surface area is 146 Å². The summed E-state index contributed by atoms with van der Waals surface area (Å²) in [5.41, 5.74) is 1.29. The van der Waals surface area contributed by atoms with Crippen LogP contribution in [-0.2, 0) is 11.2 Å². The van der Waals surface area contributed by atoms with Crippen LogP contribution in [0.3, 0.4) is 0 Å². The fourth-order valence-electron chi connectivity index (χ4n) is 3.49. The molecule has 0 aromatic heterocycles. The van der Waals surface area contributed by atoms with Crippen LogP contribution in [-0.4, -0.2) is 38.1 Å². The summed E-state index contributed by atoms with van der Waals surface area (Å²) in [5, 5.41) is 0. The molecule has 1 atom stereocenters. The van der Waals surface area contributed by atoms with Crippen molar-refractivity contribution in [2.75, 3.05) is 27.3 Å². The minimum atomic E-state index is 0.205. The van der Waals surface area contributed by atoms with Crippen molar-refractivity contribution >= 4 is 5.91 Å². The van der Waals surface area contributed by atoms with E-state index in [0.717, 1.165) is 31.5 Å². The standard InChI is InChI=1S/C20H31NO3/c1-20(2,3)16-7-6-11-21(12-10-16)19(22)14-15-8-9-17(23-4)18(13-15)24-5/h8-9,13,16H,6-7,10-12,14H2,1-5H3. The van der Waals surface area contributed by atoms with Crippen LogP contribution in [0.25, 0.3) is 0 Å². The van der Waals surface area contributed by atoms with E-state index in [1.165, 1.54) is 6.42 Å². The monoisotopic (exact) mass is 333 g/mol. The summed E-state index contributed by atoms with van der Waals surface area (Å²) in [7, 11) is 3.23. The Bertz CT molecular complexity index is 562. The number of nitrogens with zero attached hydrogens (tertiary/aromatic N) is 1. The summed E-state index contributed by atoms with van der Waals surface area (Å²) in [5.74, 6) is 2.26. The molecule has 0 bridgehead atoms. The Morgan fingerprint density at radius 3 is 2.46 bits per heavy atom. The van der Waals surface area contributed by atoms with Gasteiger partial charge in [0.2, 0.25) is 5.91 Å².